The Labute approximate surface area is 126 Å². The first-order valence-electron chi connectivity index (χ1n) is 8.11. The molecule has 1 saturated carbocycles. The second-order valence-electron chi connectivity index (χ2n) is 5.89. The molecule has 1 N–H and O–H groups in total. The minimum Gasteiger partial charge on any atom is -0.446 e. The molecule has 0 radical (unpaired) electrons. The van der Waals surface area contributed by atoms with Crippen molar-refractivity contribution in [3.8, 4) is 0 Å². The van der Waals surface area contributed by atoms with Gasteiger partial charge < -0.3 is 9.73 Å². The topological polar surface area (TPSA) is 38.1 Å². The van der Waals surface area contributed by atoms with Gasteiger partial charge in [0.1, 0.15) is 5.76 Å². The lowest BCUT2D eigenvalue weighted by atomic mass is 10.1. The van der Waals surface area contributed by atoms with Crippen LogP contribution in [0.25, 0.3) is 0 Å². The Morgan fingerprint density at radius 3 is 2.71 bits per heavy atom. The lowest BCUT2D eigenvalue weighted by Gasteiger charge is -2.00. The van der Waals surface area contributed by atoms with Gasteiger partial charge in [-0.3, -0.25) is 0 Å². The van der Waals surface area contributed by atoms with E-state index in [0.29, 0.717) is 0 Å². The summed E-state index contributed by atoms with van der Waals surface area (Å²) in [5.74, 6) is 1.92. The quantitative estimate of drug-likeness (QED) is 0.716. The fourth-order valence-corrected chi connectivity index (χ4v) is 2.52. The van der Waals surface area contributed by atoms with E-state index in [1.54, 1.807) is 0 Å². The average Bonchev–Trinajstić information content (AvgIpc) is 3.24. The number of oxazole rings is 1. The number of benzene rings is 1. The molecule has 2 aromatic rings. The Balaban J connectivity index is 1.34. The maximum Gasteiger partial charge on any atom is 0.194 e. The molecule has 1 aliphatic rings. The van der Waals surface area contributed by atoms with E-state index in [-0.39, 0.29) is 0 Å². The first kappa shape index (κ1) is 14.3. The number of hydrogen-bond acceptors (Lipinski definition) is 3. The van der Waals surface area contributed by atoms with E-state index in [4.69, 9.17) is 4.42 Å². The molecule has 112 valence electrons. The number of nitrogens with zero attached hydrogens (tertiary/aromatic N) is 1. The van der Waals surface area contributed by atoms with Gasteiger partial charge in [0.05, 0.1) is 6.20 Å². The Morgan fingerprint density at radius 1 is 1.05 bits per heavy atom. The van der Waals surface area contributed by atoms with Crippen molar-refractivity contribution in [3.63, 3.8) is 0 Å². The molecule has 0 bridgehead atoms. The van der Waals surface area contributed by atoms with Crippen LogP contribution >= 0.6 is 0 Å². The zero-order valence-electron chi connectivity index (χ0n) is 12.6. The third-order valence-corrected chi connectivity index (χ3v) is 3.91. The van der Waals surface area contributed by atoms with Gasteiger partial charge in [0, 0.05) is 18.9 Å². The van der Waals surface area contributed by atoms with Crippen LogP contribution < -0.4 is 5.32 Å². The number of nitrogens with one attached hydrogen (secondary N) is 1. The highest BCUT2D eigenvalue weighted by Crippen LogP contribution is 2.18. The van der Waals surface area contributed by atoms with Gasteiger partial charge in [0.15, 0.2) is 5.89 Å². The van der Waals surface area contributed by atoms with E-state index in [1.165, 1.54) is 18.4 Å². The smallest absolute Gasteiger partial charge is 0.194 e. The van der Waals surface area contributed by atoms with Crippen LogP contribution in [-0.2, 0) is 19.3 Å². The monoisotopic (exact) mass is 284 g/mol. The number of aryl methyl sites for hydroxylation is 3. The molecule has 3 heteroatoms. The van der Waals surface area contributed by atoms with Gasteiger partial charge in [-0.05, 0) is 44.2 Å². The Kier molecular flexibility index (Phi) is 5.06. The van der Waals surface area contributed by atoms with Gasteiger partial charge in [-0.1, -0.05) is 30.3 Å². The zero-order chi connectivity index (χ0) is 14.3. The largest absolute Gasteiger partial charge is 0.446 e. The van der Waals surface area contributed by atoms with Gasteiger partial charge in [-0.2, -0.15) is 0 Å². The molecular formula is C18H24N2O. The van der Waals surface area contributed by atoms with Crippen LogP contribution in [0.15, 0.2) is 40.9 Å². The van der Waals surface area contributed by atoms with E-state index in [9.17, 15) is 0 Å². The molecule has 1 fully saturated rings. The predicted molar refractivity (Wildman–Crippen MR) is 84.3 cm³/mol. The zero-order valence-corrected chi connectivity index (χ0v) is 12.6. The van der Waals surface area contributed by atoms with Crippen molar-refractivity contribution in [1.82, 2.24) is 10.3 Å². The highest BCUT2D eigenvalue weighted by molar-refractivity contribution is 5.14. The van der Waals surface area contributed by atoms with Crippen molar-refractivity contribution in [2.24, 2.45) is 0 Å². The highest BCUT2D eigenvalue weighted by Gasteiger charge is 2.19. The maximum absolute atomic E-state index is 5.81. The molecule has 0 amide bonds. The summed E-state index contributed by atoms with van der Waals surface area (Å²) in [7, 11) is 0. The van der Waals surface area contributed by atoms with Crippen molar-refractivity contribution >= 4 is 0 Å². The highest BCUT2D eigenvalue weighted by atomic mass is 16.4. The molecule has 3 rings (SSSR count). The van der Waals surface area contributed by atoms with E-state index in [0.717, 1.165) is 56.3 Å². The van der Waals surface area contributed by atoms with E-state index in [1.807, 2.05) is 6.20 Å². The van der Waals surface area contributed by atoms with Crippen LogP contribution in [0.3, 0.4) is 0 Å². The second-order valence-corrected chi connectivity index (χ2v) is 5.89. The maximum atomic E-state index is 5.81. The number of rotatable bonds is 9. The van der Waals surface area contributed by atoms with Crippen molar-refractivity contribution in [3.05, 3.63) is 53.7 Å². The van der Waals surface area contributed by atoms with E-state index < -0.39 is 0 Å². The van der Waals surface area contributed by atoms with Gasteiger partial charge in [0.2, 0.25) is 0 Å². The first-order valence-corrected chi connectivity index (χ1v) is 8.11. The van der Waals surface area contributed by atoms with Crippen LogP contribution in [0.4, 0.5) is 0 Å². The Bertz CT molecular complexity index is 531. The van der Waals surface area contributed by atoms with Gasteiger partial charge in [-0.25, -0.2) is 4.98 Å². The molecule has 1 aliphatic carbocycles. The molecule has 3 nitrogen and oxygen atoms in total. The van der Waals surface area contributed by atoms with Crippen LogP contribution in [0.1, 0.15) is 42.9 Å². The molecule has 0 aliphatic heterocycles. The first-order chi connectivity index (χ1) is 10.4. The van der Waals surface area contributed by atoms with E-state index >= 15 is 0 Å². The summed E-state index contributed by atoms with van der Waals surface area (Å²) < 4.78 is 5.81. The van der Waals surface area contributed by atoms with Crippen molar-refractivity contribution < 1.29 is 4.42 Å². The standard InChI is InChI=1S/C18H24N2O/c1-2-6-15(7-3-1)8-4-9-17-14-20-18(21-17)10-5-13-19-16-11-12-16/h1-3,6-7,14,16,19H,4-5,8-13H2. The predicted octanol–water partition coefficient (Wildman–Crippen LogP) is 3.53. The third kappa shape index (κ3) is 5.01. The lowest BCUT2D eigenvalue weighted by Crippen LogP contribution is -2.17. The van der Waals surface area contributed by atoms with Crippen LogP contribution in [0.5, 0.6) is 0 Å². The molecule has 0 unspecified atom stereocenters. The second kappa shape index (κ2) is 7.41. The van der Waals surface area contributed by atoms with Crippen molar-refractivity contribution in [2.45, 2.75) is 51.0 Å². The molecule has 1 aromatic carbocycles. The fraction of sp³-hybridized carbons (Fsp3) is 0.500. The molecule has 21 heavy (non-hydrogen) atoms. The van der Waals surface area contributed by atoms with Gasteiger partial charge >= 0.3 is 0 Å². The third-order valence-electron chi connectivity index (χ3n) is 3.91. The Morgan fingerprint density at radius 2 is 1.90 bits per heavy atom. The average molecular weight is 284 g/mol. The molecule has 1 aromatic heterocycles. The summed E-state index contributed by atoms with van der Waals surface area (Å²) in [5, 5.41) is 3.52. The molecule has 0 spiro atoms. The summed E-state index contributed by atoms with van der Waals surface area (Å²) in [6.45, 7) is 1.08. The SMILES string of the molecule is c1ccc(CCCc2cnc(CCCNC3CC3)o2)cc1. The summed E-state index contributed by atoms with van der Waals surface area (Å²) in [5.41, 5.74) is 1.39. The normalized spacial score (nSPS) is 14.5. The molecule has 0 atom stereocenters. The van der Waals surface area contributed by atoms with Crippen LogP contribution in [0, 0.1) is 0 Å². The molecule has 1 heterocycles. The number of hydrogen-bond donors (Lipinski definition) is 1. The lowest BCUT2D eigenvalue weighted by molar-refractivity contribution is 0.442. The van der Waals surface area contributed by atoms with Crippen molar-refractivity contribution in [1.29, 1.82) is 0 Å². The van der Waals surface area contributed by atoms with Crippen LogP contribution in [-0.4, -0.2) is 17.6 Å². The van der Waals surface area contributed by atoms with E-state index in [2.05, 4.69) is 40.6 Å². The van der Waals surface area contributed by atoms with Gasteiger partial charge in [0.25, 0.3) is 0 Å². The fourth-order valence-electron chi connectivity index (χ4n) is 2.52. The Hall–Kier alpha value is -1.61. The minimum absolute atomic E-state index is 0.795. The summed E-state index contributed by atoms with van der Waals surface area (Å²) >= 11 is 0. The number of aromatic nitrogens is 1. The summed E-state index contributed by atoms with van der Waals surface area (Å²) in [6.07, 6.45) is 9.84. The molecule has 0 saturated heterocycles. The van der Waals surface area contributed by atoms with Crippen molar-refractivity contribution in [2.75, 3.05) is 6.54 Å². The van der Waals surface area contributed by atoms with Crippen LogP contribution in [0.2, 0.25) is 0 Å². The van der Waals surface area contributed by atoms with Gasteiger partial charge in [-0.15, -0.1) is 0 Å². The summed E-state index contributed by atoms with van der Waals surface area (Å²) in [4.78, 5) is 4.38. The molecular weight excluding hydrogens is 260 g/mol. The summed E-state index contributed by atoms with van der Waals surface area (Å²) in [6, 6.07) is 11.4. The minimum atomic E-state index is 0.795.